The van der Waals surface area contributed by atoms with Gasteiger partial charge in [0, 0.05) is 0 Å². The molecule has 0 bridgehead atoms. The smallest absolute Gasteiger partial charge is 0.267 e. The maximum absolute atomic E-state index is 12.6. The average Bonchev–Trinajstić information content (AvgIpc) is 3.33. The van der Waals surface area contributed by atoms with Gasteiger partial charge >= 0.3 is 0 Å². The second kappa shape index (κ2) is 18.1. The lowest BCUT2D eigenvalue weighted by atomic mass is 10.0. The molecular weight excluding hydrogens is 456 g/mol. The Balaban J connectivity index is 1.60. The number of aryl methyl sites for hydroxylation is 1. The first-order valence-corrected chi connectivity index (χ1v) is 14.4. The number of thiazole rings is 1. The van der Waals surface area contributed by atoms with Crippen LogP contribution >= 0.6 is 11.3 Å². The van der Waals surface area contributed by atoms with Crippen molar-refractivity contribution in [1.82, 2.24) is 4.98 Å². The molecule has 1 atom stereocenters. The fraction of sp³-hybridized carbons (Fsp3) is 0.621. The molecule has 1 aromatic heterocycles. The highest BCUT2D eigenvalue weighted by molar-refractivity contribution is 7.17. The van der Waals surface area contributed by atoms with Crippen molar-refractivity contribution in [2.75, 3.05) is 5.32 Å². The summed E-state index contributed by atoms with van der Waals surface area (Å²) >= 11 is 1.15. The lowest BCUT2D eigenvalue weighted by Crippen LogP contribution is -2.32. The molecule has 2 aromatic rings. The molecule has 1 amide bonds. The topological polar surface area (TPSA) is 68.3 Å². The SMILES string of the molecule is CCCCCCCCCCCCCCCc1cccc(OC(CC)C(=O)Nc2ncc(C=O)s2)c1. The summed E-state index contributed by atoms with van der Waals surface area (Å²) in [5, 5.41) is 3.16. The molecule has 1 unspecified atom stereocenters. The molecule has 0 aliphatic carbocycles. The van der Waals surface area contributed by atoms with Crippen molar-refractivity contribution in [3.8, 4) is 5.75 Å². The van der Waals surface area contributed by atoms with E-state index < -0.39 is 6.10 Å². The van der Waals surface area contributed by atoms with Gasteiger partial charge in [-0.15, -0.1) is 0 Å². The molecule has 1 N–H and O–H groups in total. The number of anilines is 1. The highest BCUT2D eigenvalue weighted by Crippen LogP contribution is 2.21. The first kappa shape index (κ1) is 29.0. The summed E-state index contributed by atoms with van der Waals surface area (Å²) < 4.78 is 5.99. The summed E-state index contributed by atoms with van der Waals surface area (Å²) in [5.41, 5.74) is 1.25. The molecule has 0 aliphatic heterocycles. The molecule has 0 spiro atoms. The minimum Gasteiger partial charge on any atom is -0.481 e. The Morgan fingerprint density at radius 2 is 1.60 bits per heavy atom. The molecule has 1 heterocycles. The van der Waals surface area contributed by atoms with E-state index in [9.17, 15) is 9.59 Å². The Labute approximate surface area is 216 Å². The van der Waals surface area contributed by atoms with Gasteiger partial charge in [0.1, 0.15) is 5.75 Å². The molecular formula is C29H44N2O3S. The third-order valence-corrected chi connectivity index (χ3v) is 7.12. The second-order valence-corrected chi connectivity index (χ2v) is 10.4. The average molecular weight is 501 g/mol. The van der Waals surface area contributed by atoms with Gasteiger partial charge in [-0.2, -0.15) is 0 Å². The van der Waals surface area contributed by atoms with Crippen molar-refractivity contribution in [3.63, 3.8) is 0 Å². The van der Waals surface area contributed by atoms with E-state index in [1.54, 1.807) is 0 Å². The van der Waals surface area contributed by atoms with Crippen molar-refractivity contribution in [1.29, 1.82) is 0 Å². The number of amides is 1. The van der Waals surface area contributed by atoms with Crippen LogP contribution in [0.1, 0.15) is 119 Å². The van der Waals surface area contributed by atoms with E-state index in [0.29, 0.717) is 22.2 Å². The fourth-order valence-corrected chi connectivity index (χ4v) is 4.83. The summed E-state index contributed by atoms with van der Waals surface area (Å²) in [6.45, 7) is 4.19. The van der Waals surface area contributed by atoms with Crippen LogP contribution in [0.5, 0.6) is 5.75 Å². The zero-order valence-corrected chi connectivity index (χ0v) is 22.5. The van der Waals surface area contributed by atoms with Gasteiger partial charge in [-0.3, -0.25) is 14.9 Å². The molecule has 0 aliphatic rings. The van der Waals surface area contributed by atoms with Gasteiger partial charge in [0.25, 0.3) is 5.91 Å². The number of hydrogen-bond donors (Lipinski definition) is 1. The van der Waals surface area contributed by atoms with Gasteiger partial charge < -0.3 is 4.74 Å². The van der Waals surface area contributed by atoms with Crippen molar-refractivity contribution in [3.05, 3.63) is 40.9 Å². The zero-order valence-electron chi connectivity index (χ0n) is 21.7. The van der Waals surface area contributed by atoms with E-state index in [4.69, 9.17) is 4.74 Å². The van der Waals surface area contributed by atoms with Gasteiger partial charge in [0.15, 0.2) is 17.5 Å². The maximum atomic E-state index is 12.6. The number of carbonyl (C=O) groups is 2. The van der Waals surface area contributed by atoms with Crippen LogP contribution in [0.3, 0.4) is 0 Å². The van der Waals surface area contributed by atoms with Crippen LogP contribution in [-0.2, 0) is 11.2 Å². The van der Waals surface area contributed by atoms with Crippen LogP contribution in [0.25, 0.3) is 0 Å². The molecule has 0 saturated heterocycles. The predicted octanol–water partition coefficient (Wildman–Crippen LogP) is 8.39. The van der Waals surface area contributed by atoms with Gasteiger partial charge in [-0.05, 0) is 37.0 Å². The molecule has 0 radical (unpaired) electrons. The van der Waals surface area contributed by atoms with E-state index >= 15 is 0 Å². The number of nitrogens with one attached hydrogen (secondary N) is 1. The molecule has 0 fully saturated rings. The Hall–Kier alpha value is -2.21. The number of aromatic nitrogens is 1. The normalized spacial score (nSPS) is 11.8. The van der Waals surface area contributed by atoms with Crippen molar-refractivity contribution in [2.24, 2.45) is 0 Å². The Bertz CT molecular complexity index is 852. The number of carbonyl (C=O) groups excluding carboxylic acids is 2. The number of ether oxygens (including phenoxy) is 1. The van der Waals surface area contributed by atoms with Crippen molar-refractivity contribution in [2.45, 2.75) is 116 Å². The lowest BCUT2D eigenvalue weighted by Gasteiger charge is -2.17. The van der Waals surface area contributed by atoms with Crippen molar-refractivity contribution >= 4 is 28.7 Å². The van der Waals surface area contributed by atoms with Gasteiger partial charge in [0.05, 0.1) is 11.1 Å². The van der Waals surface area contributed by atoms with Crippen LogP contribution in [-0.4, -0.2) is 23.3 Å². The Morgan fingerprint density at radius 3 is 2.17 bits per heavy atom. The van der Waals surface area contributed by atoms with Crippen LogP contribution < -0.4 is 10.1 Å². The monoisotopic (exact) mass is 500 g/mol. The molecule has 35 heavy (non-hydrogen) atoms. The predicted molar refractivity (Wildman–Crippen MR) is 147 cm³/mol. The number of unbranched alkanes of at least 4 members (excludes halogenated alkanes) is 12. The molecule has 194 valence electrons. The van der Waals surface area contributed by atoms with E-state index in [2.05, 4.69) is 23.3 Å². The van der Waals surface area contributed by atoms with E-state index in [1.807, 2.05) is 25.1 Å². The van der Waals surface area contributed by atoms with Crippen LogP contribution in [0.15, 0.2) is 30.5 Å². The lowest BCUT2D eigenvalue weighted by molar-refractivity contribution is -0.122. The highest BCUT2D eigenvalue weighted by atomic mass is 32.1. The number of rotatable bonds is 20. The molecule has 6 heteroatoms. The Morgan fingerprint density at radius 1 is 0.971 bits per heavy atom. The summed E-state index contributed by atoms with van der Waals surface area (Å²) in [4.78, 5) is 27.9. The van der Waals surface area contributed by atoms with Gasteiger partial charge in [0.2, 0.25) is 0 Å². The van der Waals surface area contributed by atoms with Gasteiger partial charge in [-0.25, -0.2) is 4.98 Å². The number of aldehydes is 1. The quantitative estimate of drug-likeness (QED) is 0.146. The number of benzene rings is 1. The third-order valence-electron chi connectivity index (χ3n) is 6.28. The first-order valence-electron chi connectivity index (χ1n) is 13.6. The fourth-order valence-electron chi connectivity index (χ4n) is 4.19. The molecule has 1 aromatic carbocycles. The van der Waals surface area contributed by atoms with Crippen LogP contribution in [0, 0.1) is 0 Å². The van der Waals surface area contributed by atoms with Crippen LogP contribution in [0.2, 0.25) is 0 Å². The maximum Gasteiger partial charge on any atom is 0.267 e. The van der Waals surface area contributed by atoms with Crippen molar-refractivity contribution < 1.29 is 14.3 Å². The summed E-state index contributed by atoms with van der Waals surface area (Å²) in [5.74, 6) is 0.466. The molecule has 2 rings (SSSR count). The van der Waals surface area contributed by atoms with E-state index in [1.165, 1.54) is 95.2 Å². The minimum absolute atomic E-state index is 0.249. The second-order valence-electron chi connectivity index (χ2n) is 9.33. The summed E-state index contributed by atoms with van der Waals surface area (Å²) in [7, 11) is 0. The minimum atomic E-state index is -0.606. The molecule has 5 nitrogen and oxygen atoms in total. The summed E-state index contributed by atoms with van der Waals surface area (Å²) in [6, 6.07) is 8.07. The number of hydrogen-bond acceptors (Lipinski definition) is 5. The number of nitrogens with zero attached hydrogens (tertiary/aromatic N) is 1. The molecule has 0 saturated carbocycles. The standard InChI is InChI=1S/C29H44N2O3S/c1-3-5-6-7-8-9-10-11-12-13-14-15-16-18-24-19-17-20-25(21-24)34-27(4-2)28(33)31-29-30-22-26(23-32)35-29/h17,19-23,27H,3-16,18H2,1-2H3,(H,30,31,33). The summed E-state index contributed by atoms with van der Waals surface area (Å²) in [6.07, 6.45) is 20.8. The zero-order chi connectivity index (χ0) is 25.1. The van der Waals surface area contributed by atoms with Gasteiger partial charge in [-0.1, -0.05) is 114 Å². The third kappa shape index (κ3) is 12.4. The Kier molecular flexibility index (Phi) is 15.0. The van der Waals surface area contributed by atoms with E-state index in [0.717, 1.165) is 24.0 Å². The van der Waals surface area contributed by atoms with E-state index in [-0.39, 0.29) is 5.91 Å². The largest absolute Gasteiger partial charge is 0.481 e. The van der Waals surface area contributed by atoms with Crippen LogP contribution in [0.4, 0.5) is 5.13 Å². The first-order chi connectivity index (χ1) is 17.2. The highest BCUT2D eigenvalue weighted by Gasteiger charge is 2.20.